The molecular weight excluding hydrogens is 327 g/mol. The molecule has 140 valence electrons. The van der Waals surface area contributed by atoms with Gasteiger partial charge < -0.3 is 19.9 Å². The van der Waals surface area contributed by atoms with E-state index in [1.165, 1.54) is 0 Å². The summed E-state index contributed by atoms with van der Waals surface area (Å²) in [5.74, 6) is -2.51. The first kappa shape index (κ1) is 20.7. The van der Waals surface area contributed by atoms with Gasteiger partial charge in [0.05, 0.1) is 13.2 Å². The van der Waals surface area contributed by atoms with Gasteiger partial charge in [-0.3, -0.25) is 9.59 Å². The number of likely N-dealkylation sites (N-methyl/N-ethyl adjacent to an activating group) is 1. The summed E-state index contributed by atoms with van der Waals surface area (Å²) in [6, 6.07) is -1.05. The number of alkyl halides is 3. The van der Waals surface area contributed by atoms with E-state index in [2.05, 4.69) is 24.1 Å². The summed E-state index contributed by atoms with van der Waals surface area (Å²) in [5, 5.41) is 2.54. The van der Waals surface area contributed by atoms with Crippen molar-refractivity contribution in [2.45, 2.75) is 38.9 Å². The van der Waals surface area contributed by atoms with Gasteiger partial charge in [0.15, 0.2) is 0 Å². The van der Waals surface area contributed by atoms with E-state index in [1.807, 2.05) is 0 Å². The molecule has 24 heavy (non-hydrogen) atoms. The molecule has 1 heterocycles. The molecule has 1 unspecified atom stereocenters. The van der Waals surface area contributed by atoms with Gasteiger partial charge in [-0.2, -0.15) is 13.2 Å². The van der Waals surface area contributed by atoms with Crippen molar-refractivity contribution in [2.75, 3.05) is 45.9 Å². The van der Waals surface area contributed by atoms with E-state index in [1.54, 1.807) is 0 Å². The second-order valence-corrected chi connectivity index (χ2v) is 5.58. The molecule has 0 aromatic carbocycles. The Labute approximate surface area is 140 Å². The van der Waals surface area contributed by atoms with Gasteiger partial charge in [-0.15, -0.1) is 0 Å². The maximum Gasteiger partial charge on any atom is 0.471 e. The Morgan fingerprint density at radius 2 is 1.92 bits per heavy atom. The fraction of sp³-hybridized carbons (Fsp3) is 0.867. The van der Waals surface area contributed by atoms with E-state index in [0.717, 1.165) is 19.6 Å². The smallest absolute Gasteiger partial charge is 0.378 e. The molecule has 1 atom stereocenters. The molecule has 0 bridgehead atoms. The van der Waals surface area contributed by atoms with Crippen LogP contribution < -0.4 is 5.32 Å². The van der Waals surface area contributed by atoms with Crippen LogP contribution in [-0.4, -0.2) is 79.8 Å². The standard InChI is InChI=1S/C15H26F3N3O3/c1-3-20(4-2)9-11-24-10-7-19-13(22)12-6-5-8-21(12)14(23)15(16,17)18/h12H,3-11H2,1-2H3,(H,19,22). The number of carbonyl (C=O) groups excluding carboxylic acids is 2. The minimum absolute atomic E-state index is 0.0448. The highest BCUT2D eigenvalue weighted by Crippen LogP contribution is 2.25. The molecule has 9 heteroatoms. The third kappa shape index (κ3) is 6.27. The van der Waals surface area contributed by atoms with Gasteiger partial charge in [-0.05, 0) is 25.9 Å². The Kier molecular flexibility index (Phi) is 8.47. The third-order valence-electron chi connectivity index (χ3n) is 4.05. The van der Waals surface area contributed by atoms with E-state index in [-0.39, 0.29) is 26.1 Å². The molecule has 1 saturated heterocycles. The van der Waals surface area contributed by atoms with Gasteiger partial charge in [0.25, 0.3) is 0 Å². The Morgan fingerprint density at radius 3 is 2.50 bits per heavy atom. The van der Waals surface area contributed by atoms with Gasteiger partial charge in [-0.25, -0.2) is 0 Å². The molecule has 0 radical (unpaired) electrons. The van der Waals surface area contributed by atoms with E-state index in [4.69, 9.17) is 4.74 Å². The lowest BCUT2D eigenvalue weighted by Gasteiger charge is -2.24. The van der Waals surface area contributed by atoms with Crippen molar-refractivity contribution in [3.8, 4) is 0 Å². The highest BCUT2D eigenvalue weighted by atomic mass is 19.4. The van der Waals surface area contributed by atoms with Crippen molar-refractivity contribution >= 4 is 11.8 Å². The SMILES string of the molecule is CCN(CC)CCOCCNC(=O)C1CCCN1C(=O)C(F)(F)F. The minimum atomic E-state index is -4.95. The first-order valence-corrected chi connectivity index (χ1v) is 8.26. The minimum Gasteiger partial charge on any atom is -0.378 e. The number of carbonyl (C=O) groups is 2. The molecule has 0 aromatic heterocycles. The Balaban J connectivity index is 2.28. The van der Waals surface area contributed by atoms with Gasteiger partial charge in [0.2, 0.25) is 5.91 Å². The van der Waals surface area contributed by atoms with Crippen LogP contribution in [0.4, 0.5) is 13.2 Å². The molecule has 0 spiro atoms. The molecule has 1 aliphatic rings. The zero-order chi connectivity index (χ0) is 18.2. The lowest BCUT2D eigenvalue weighted by atomic mass is 10.2. The fourth-order valence-corrected chi connectivity index (χ4v) is 2.64. The number of halogens is 3. The first-order chi connectivity index (χ1) is 11.3. The van der Waals surface area contributed by atoms with Crippen LogP contribution in [0.2, 0.25) is 0 Å². The highest BCUT2D eigenvalue weighted by Gasteiger charge is 2.47. The van der Waals surface area contributed by atoms with Crippen LogP contribution in [-0.2, 0) is 14.3 Å². The van der Waals surface area contributed by atoms with Crippen molar-refractivity contribution < 1.29 is 27.5 Å². The number of ether oxygens (including phenoxy) is 1. The quantitative estimate of drug-likeness (QED) is 0.629. The molecule has 1 N–H and O–H groups in total. The number of rotatable bonds is 9. The fourth-order valence-electron chi connectivity index (χ4n) is 2.64. The molecule has 0 aliphatic carbocycles. The zero-order valence-electron chi connectivity index (χ0n) is 14.2. The molecule has 1 rings (SSSR count). The summed E-state index contributed by atoms with van der Waals surface area (Å²) in [6.45, 7) is 7.74. The van der Waals surface area contributed by atoms with Crippen molar-refractivity contribution in [1.82, 2.24) is 15.1 Å². The maximum absolute atomic E-state index is 12.5. The summed E-state index contributed by atoms with van der Waals surface area (Å²) < 4.78 is 42.9. The van der Waals surface area contributed by atoms with Crippen LogP contribution in [0.25, 0.3) is 0 Å². The van der Waals surface area contributed by atoms with Crippen LogP contribution in [0.3, 0.4) is 0 Å². The van der Waals surface area contributed by atoms with E-state index in [9.17, 15) is 22.8 Å². The molecular formula is C15H26F3N3O3. The van der Waals surface area contributed by atoms with Gasteiger partial charge >= 0.3 is 12.1 Å². The Bertz CT molecular complexity index is 415. The summed E-state index contributed by atoms with van der Waals surface area (Å²) in [5.41, 5.74) is 0. The number of nitrogens with one attached hydrogen (secondary N) is 1. The second kappa shape index (κ2) is 9.83. The summed E-state index contributed by atoms with van der Waals surface area (Å²) >= 11 is 0. The van der Waals surface area contributed by atoms with Gasteiger partial charge in [-0.1, -0.05) is 13.8 Å². The van der Waals surface area contributed by atoms with Crippen LogP contribution in [0.1, 0.15) is 26.7 Å². The van der Waals surface area contributed by atoms with Crippen LogP contribution in [0, 0.1) is 0 Å². The Hall–Kier alpha value is -1.35. The third-order valence-corrected chi connectivity index (χ3v) is 4.05. The molecule has 0 aromatic rings. The number of nitrogens with zero attached hydrogens (tertiary/aromatic N) is 2. The second-order valence-electron chi connectivity index (χ2n) is 5.58. The molecule has 6 nitrogen and oxygen atoms in total. The summed E-state index contributed by atoms with van der Waals surface area (Å²) in [6.07, 6.45) is -4.31. The van der Waals surface area contributed by atoms with E-state index in [0.29, 0.717) is 17.9 Å². The number of likely N-dealkylation sites (tertiary alicyclic amines) is 1. The van der Waals surface area contributed by atoms with Gasteiger partial charge in [0.1, 0.15) is 6.04 Å². The zero-order valence-corrected chi connectivity index (χ0v) is 14.2. The molecule has 2 amide bonds. The number of hydrogen-bond donors (Lipinski definition) is 1. The average molecular weight is 353 g/mol. The van der Waals surface area contributed by atoms with Crippen molar-refractivity contribution in [2.24, 2.45) is 0 Å². The Morgan fingerprint density at radius 1 is 1.25 bits per heavy atom. The molecule has 0 saturated carbocycles. The van der Waals surface area contributed by atoms with Crippen LogP contribution in [0.5, 0.6) is 0 Å². The lowest BCUT2D eigenvalue weighted by Crippen LogP contribution is -2.50. The molecule has 1 aliphatic heterocycles. The van der Waals surface area contributed by atoms with Crippen molar-refractivity contribution in [1.29, 1.82) is 0 Å². The molecule has 1 fully saturated rings. The maximum atomic E-state index is 12.5. The average Bonchev–Trinajstić information content (AvgIpc) is 3.01. The van der Waals surface area contributed by atoms with E-state index < -0.39 is 24.0 Å². The summed E-state index contributed by atoms with van der Waals surface area (Å²) in [4.78, 5) is 26.1. The first-order valence-electron chi connectivity index (χ1n) is 8.26. The normalized spacial score (nSPS) is 18.2. The van der Waals surface area contributed by atoms with Crippen LogP contribution in [0.15, 0.2) is 0 Å². The topological polar surface area (TPSA) is 61.9 Å². The highest BCUT2D eigenvalue weighted by molar-refractivity contribution is 5.90. The summed E-state index contributed by atoms with van der Waals surface area (Å²) in [7, 11) is 0. The van der Waals surface area contributed by atoms with E-state index >= 15 is 0 Å². The number of hydrogen-bond acceptors (Lipinski definition) is 4. The van der Waals surface area contributed by atoms with Gasteiger partial charge in [0, 0.05) is 19.6 Å². The predicted molar refractivity (Wildman–Crippen MR) is 82.4 cm³/mol. The monoisotopic (exact) mass is 353 g/mol. The number of amides is 2. The largest absolute Gasteiger partial charge is 0.471 e. The lowest BCUT2D eigenvalue weighted by molar-refractivity contribution is -0.186. The van der Waals surface area contributed by atoms with Crippen molar-refractivity contribution in [3.05, 3.63) is 0 Å². The van der Waals surface area contributed by atoms with Crippen LogP contribution >= 0.6 is 0 Å². The van der Waals surface area contributed by atoms with Crippen molar-refractivity contribution in [3.63, 3.8) is 0 Å². The predicted octanol–water partition coefficient (Wildman–Crippen LogP) is 1.01.